The van der Waals surface area contributed by atoms with Gasteiger partial charge in [-0.2, -0.15) is 0 Å². The molecule has 0 aliphatic rings. The Bertz CT molecular complexity index is 524. The van der Waals surface area contributed by atoms with Gasteiger partial charge in [0.25, 0.3) is 0 Å². The Labute approximate surface area is 118 Å². The van der Waals surface area contributed by atoms with Gasteiger partial charge in [0.2, 0.25) is 0 Å². The van der Waals surface area contributed by atoms with E-state index in [1.165, 1.54) is 5.56 Å². The van der Waals surface area contributed by atoms with Crippen molar-refractivity contribution < 1.29 is 0 Å². The first-order valence-electron chi connectivity index (χ1n) is 6.55. The van der Waals surface area contributed by atoms with Crippen LogP contribution in [0.2, 0.25) is 0 Å². The fourth-order valence-corrected chi connectivity index (χ4v) is 2.79. The smallest absolute Gasteiger partial charge is 0.174 e. The van der Waals surface area contributed by atoms with Crippen molar-refractivity contribution in [3.05, 3.63) is 36.3 Å². The van der Waals surface area contributed by atoms with Crippen LogP contribution in [0.1, 0.15) is 31.9 Å². The molecule has 2 heterocycles. The zero-order valence-corrected chi connectivity index (χ0v) is 12.4. The molecule has 2 aromatic heterocycles. The van der Waals surface area contributed by atoms with Crippen molar-refractivity contribution in [2.75, 3.05) is 6.54 Å². The molecule has 102 valence electrons. The summed E-state index contributed by atoms with van der Waals surface area (Å²) < 4.78 is 2.01. The van der Waals surface area contributed by atoms with Gasteiger partial charge in [-0.3, -0.25) is 0 Å². The molecular formula is C14H20N4S. The molecule has 0 radical (unpaired) electrons. The predicted molar refractivity (Wildman–Crippen MR) is 78.3 cm³/mol. The van der Waals surface area contributed by atoms with Gasteiger partial charge in [0.05, 0.1) is 0 Å². The Kier molecular flexibility index (Phi) is 4.99. The molecule has 0 amide bonds. The second-order valence-electron chi connectivity index (χ2n) is 4.50. The summed E-state index contributed by atoms with van der Waals surface area (Å²) in [6.45, 7) is 5.37. The van der Waals surface area contributed by atoms with Crippen LogP contribution in [0.4, 0.5) is 0 Å². The minimum absolute atomic E-state index is 0.302. The Morgan fingerprint density at radius 2 is 2.21 bits per heavy atom. The largest absolute Gasteiger partial charge is 0.329 e. The summed E-state index contributed by atoms with van der Waals surface area (Å²) in [6.07, 6.45) is 6.72. The van der Waals surface area contributed by atoms with Crippen molar-refractivity contribution in [1.82, 2.24) is 19.9 Å². The first kappa shape index (κ1) is 14.1. The van der Waals surface area contributed by atoms with Gasteiger partial charge in [0.1, 0.15) is 5.03 Å². The van der Waals surface area contributed by atoms with E-state index >= 15 is 0 Å². The first-order valence-corrected chi connectivity index (χ1v) is 7.37. The normalized spacial score (nSPS) is 12.6. The van der Waals surface area contributed by atoms with Crippen molar-refractivity contribution in [2.45, 2.75) is 36.5 Å². The minimum atomic E-state index is 0.302. The van der Waals surface area contributed by atoms with Crippen LogP contribution >= 0.6 is 11.8 Å². The van der Waals surface area contributed by atoms with Gasteiger partial charge < -0.3 is 9.88 Å². The quantitative estimate of drug-likeness (QED) is 0.880. The molecule has 0 aliphatic heterocycles. The summed E-state index contributed by atoms with van der Waals surface area (Å²) in [5.74, 6) is 0. The number of imidazole rings is 1. The van der Waals surface area contributed by atoms with E-state index in [9.17, 15) is 0 Å². The molecule has 1 atom stereocenters. The summed E-state index contributed by atoms with van der Waals surface area (Å²) in [5, 5.41) is 5.48. The van der Waals surface area contributed by atoms with Crippen LogP contribution in [0.25, 0.3) is 0 Å². The molecule has 0 bridgehead atoms. The number of pyridine rings is 1. The van der Waals surface area contributed by atoms with Crippen molar-refractivity contribution in [3.8, 4) is 0 Å². The summed E-state index contributed by atoms with van der Waals surface area (Å²) in [6, 6.07) is 4.42. The Morgan fingerprint density at radius 1 is 1.37 bits per heavy atom. The molecule has 2 rings (SSSR count). The van der Waals surface area contributed by atoms with E-state index in [0.717, 1.165) is 23.1 Å². The molecule has 2 aromatic rings. The summed E-state index contributed by atoms with van der Waals surface area (Å²) in [5.41, 5.74) is 1.23. The SMILES string of the molecule is CCCNC(C)c1cccnc1Sc1nccn1C. The number of hydrogen-bond acceptors (Lipinski definition) is 4. The lowest BCUT2D eigenvalue weighted by atomic mass is 10.1. The molecule has 0 aromatic carbocycles. The molecule has 0 saturated carbocycles. The van der Waals surface area contributed by atoms with Crippen LogP contribution in [0, 0.1) is 0 Å². The standard InChI is InChI=1S/C14H20N4S/c1-4-7-15-11(2)12-6-5-8-16-13(12)19-14-17-9-10-18(14)3/h5-6,8-11,15H,4,7H2,1-3H3. The number of nitrogens with zero attached hydrogens (tertiary/aromatic N) is 3. The second-order valence-corrected chi connectivity index (χ2v) is 5.45. The highest BCUT2D eigenvalue weighted by Gasteiger charge is 2.13. The van der Waals surface area contributed by atoms with E-state index in [4.69, 9.17) is 0 Å². The average molecular weight is 276 g/mol. The molecular weight excluding hydrogens is 256 g/mol. The number of nitrogens with one attached hydrogen (secondary N) is 1. The summed E-state index contributed by atoms with van der Waals surface area (Å²) in [7, 11) is 2.00. The Hall–Kier alpha value is -1.33. The van der Waals surface area contributed by atoms with Gasteiger partial charge in [-0.05, 0) is 37.7 Å². The summed E-state index contributed by atoms with van der Waals surface area (Å²) in [4.78, 5) is 8.83. The van der Waals surface area contributed by atoms with E-state index in [1.807, 2.05) is 36.3 Å². The molecule has 0 spiro atoms. The summed E-state index contributed by atoms with van der Waals surface area (Å²) >= 11 is 1.61. The van der Waals surface area contributed by atoms with Crippen molar-refractivity contribution in [3.63, 3.8) is 0 Å². The van der Waals surface area contributed by atoms with Crippen LogP contribution in [-0.2, 0) is 7.05 Å². The fourth-order valence-electron chi connectivity index (χ4n) is 1.83. The van der Waals surface area contributed by atoms with Crippen molar-refractivity contribution in [2.24, 2.45) is 7.05 Å². The van der Waals surface area contributed by atoms with E-state index < -0.39 is 0 Å². The van der Waals surface area contributed by atoms with Crippen LogP contribution in [0.15, 0.2) is 40.9 Å². The zero-order chi connectivity index (χ0) is 13.7. The first-order chi connectivity index (χ1) is 9.22. The Morgan fingerprint density at radius 3 is 2.89 bits per heavy atom. The lowest BCUT2D eigenvalue weighted by Gasteiger charge is -2.16. The van der Waals surface area contributed by atoms with Gasteiger partial charge in [-0.25, -0.2) is 9.97 Å². The maximum absolute atomic E-state index is 4.49. The highest BCUT2D eigenvalue weighted by atomic mass is 32.2. The minimum Gasteiger partial charge on any atom is -0.329 e. The van der Waals surface area contributed by atoms with Crippen LogP contribution in [-0.4, -0.2) is 21.1 Å². The van der Waals surface area contributed by atoms with E-state index in [2.05, 4.69) is 35.2 Å². The van der Waals surface area contributed by atoms with E-state index in [-0.39, 0.29) is 0 Å². The number of aryl methyl sites for hydroxylation is 1. The van der Waals surface area contributed by atoms with Crippen molar-refractivity contribution in [1.29, 1.82) is 0 Å². The molecule has 5 heteroatoms. The maximum Gasteiger partial charge on any atom is 0.174 e. The zero-order valence-electron chi connectivity index (χ0n) is 11.6. The fraction of sp³-hybridized carbons (Fsp3) is 0.429. The number of hydrogen-bond donors (Lipinski definition) is 1. The van der Waals surface area contributed by atoms with Crippen molar-refractivity contribution >= 4 is 11.8 Å². The van der Waals surface area contributed by atoms with Gasteiger partial charge in [0, 0.05) is 37.2 Å². The van der Waals surface area contributed by atoms with Gasteiger partial charge in [-0.1, -0.05) is 13.0 Å². The molecule has 4 nitrogen and oxygen atoms in total. The lowest BCUT2D eigenvalue weighted by Crippen LogP contribution is -2.20. The Balaban J connectivity index is 2.18. The van der Waals surface area contributed by atoms with Crippen LogP contribution < -0.4 is 5.32 Å². The number of aromatic nitrogens is 3. The van der Waals surface area contributed by atoms with Crippen LogP contribution in [0.5, 0.6) is 0 Å². The second kappa shape index (κ2) is 6.73. The highest BCUT2D eigenvalue weighted by Crippen LogP contribution is 2.30. The highest BCUT2D eigenvalue weighted by molar-refractivity contribution is 7.99. The topological polar surface area (TPSA) is 42.7 Å². The molecule has 0 fully saturated rings. The number of rotatable bonds is 6. The van der Waals surface area contributed by atoms with Gasteiger partial charge >= 0.3 is 0 Å². The predicted octanol–water partition coefficient (Wildman–Crippen LogP) is 3.03. The maximum atomic E-state index is 4.49. The third kappa shape index (κ3) is 3.58. The molecule has 1 unspecified atom stereocenters. The monoisotopic (exact) mass is 276 g/mol. The van der Waals surface area contributed by atoms with Gasteiger partial charge in [-0.15, -0.1) is 0 Å². The molecule has 0 saturated heterocycles. The molecule has 19 heavy (non-hydrogen) atoms. The molecule has 0 aliphatic carbocycles. The van der Waals surface area contributed by atoms with E-state index in [1.54, 1.807) is 11.8 Å². The van der Waals surface area contributed by atoms with E-state index in [0.29, 0.717) is 6.04 Å². The van der Waals surface area contributed by atoms with Crippen LogP contribution in [0.3, 0.4) is 0 Å². The lowest BCUT2D eigenvalue weighted by molar-refractivity contribution is 0.560. The average Bonchev–Trinajstić information content (AvgIpc) is 2.82. The van der Waals surface area contributed by atoms with Gasteiger partial charge in [0.15, 0.2) is 5.16 Å². The third-order valence-corrected chi connectivity index (χ3v) is 4.04. The third-order valence-electron chi connectivity index (χ3n) is 2.93. The molecule has 1 N–H and O–H groups in total.